The summed E-state index contributed by atoms with van der Waals surface area (Å²) < 4.78 is 5.20. The molecule has 5 heteroatoms. The zero-order valence-electron chi connectivity index (χ0n) is 8.14. The van der Waals surface area contributed by atoms with Crippen molar-refractivity contribution in [3.63, 3.8) is 0 Å². The Hall–Kier alpha value is -0.840. The van der Waals surface area contributed by atoms with Gasteiger partial charge in [-0.3, -0.25) is 4.98 Å². The molecule has 0 aromatic carbocycles. The molecule has 80 valence electrons. The van der Waals surface area contributed by atoms with Crippen molar-refractivity contribution in [2.75, 3.05) is 18.9 Å². The number of hydrogen-bond acceptors (Lipinski definition) is 4. The van der Waals surface area contributed by atoms with Crippen LogP contribution in [0.1, 0.15) is 18.5 Å². The Morgan fingerprint density at radius 3 is 2.79 bits per heavy atom. The first-order valence-electron chi connectivity index (χ1n) is 4.27. The summed E-state index contributed by atoms with van der Waals surface area (Å²) in [6.45, 7) is 3.11. The Kier molecular flexibility index (Phi) is 6.19. The summed E-state index contributed by atoms with van der Waals surface area (Å²) >= 11 is 0. The molecule has 1 atom stereocenters. The van der Waals surface area contributed by atoms with Crippen LogP contribution >= 0.6 is 12.4 Å². The molecule has 0 aliphatic rings. The number of nitrogen functional groups attached to an aromatic ring is 1. The van der Waals surface area contributed by atoms with Crippen molar-refractivity contribution in [1.82, 2.24) is 4.98 Å². The average Bonchev–Trinajstić information content (AvgIpc) is 2.14. The van der Waals surface area contributed by atoms with Gasteiger partial charge in [-0.05, 0) is 18.6 Å². The normalized spacial score (nSPS) is 11.9. The van der Waals surface area contributed by atoms with E-state index in [1.807, 2.05) is 13.0 Å². The zero-order chi connectivity index (χ0) is 9.68. The van der Waals surface area contributed by atoms with Gasteiger partial charge >= 0.3 is 0 Å². The van der Waals surface area contributed by atoms with E-state index < -0.39 is 0 Å². The fourth-order valence-electron chi connectivity index (χ4n) is 1.02. The molecule has 0 saturated carbocycles. The second-order valence-electron chi connectivity index (χ2n) is 2.82. The first-order valence-corrected chi connectivity index (χ1v) is 4.27. The molecular weight excluding hydrogens is 202 g/mol. The summed E-state index contributed by atoms with van der Waals surface area (Å²) in [6.07, 6.45) is 3.30. The van der Waals surface area contributed by atoms with Crippen molar-refractivity contribution >= 4 is 18.1 Å². The predicted octanol–water partition coefficient (Wildman–Crippen LogP) is 1.12. The zero-order valence-corrected chi connectivity index (χ0v) is 8.96. The van der Waals surface area contributed by atoms with E-state index in [-0.39, 0.29) is 18.4 Å². The summed E-state index contributed by atoms with van der Waals surface area (Å²) in [5, 5.41) is 0. The standard InChI is InChI=1S/C9H15N3O.ClH/c1-2-13-6-9(11)7-3-8(10)5-12-4-7;/h3-5,9H,2,6,10-11H2,1H3;1H. The van der Waals surface area contributed by atoms with Crippen molar-refractivity contribution in [2.45, 2.75) is 13.0 Å². The van der Waals surface area contributed by atoms with Crippen LogP contribution in [0, 0.1) is 0 Å². The van der Waals surface area contributed by atoms with Gasteiger partial charge in [0, 0.05) is 19.0 Å². The van der Waals surface area contributed by atoms with Gasteiger partial charge in [-0.15, -0.1) is 12.4 Å². The van der Waals surface area contributed by atoms with Crippen LogP contribution in [0.25, 0.3) is 0 Å². The van der Waals surface area contributed by atoms with Crippen molar-refractivity contribution < 1.29 is 4.74 Å². The summed E-state index contributed by atoms with van der Waals surface area (Å²) in [5.74, 6) is 0. The molecule has 1 unspecified atom stereocenters. The largest absolute Gasteiger partial charge is 0.397 e. The average molecular weight is 218 g/mol. The van der Waals surface area contributed by atoms with Gasteiger partial charge in [-0.1, -0.05) is 0 Å². The number of pyridine rings is 1. The Morgan fingerprint density at radius 2 is 2.21 bits per heavy atom. The minimum atomic E-state index is -0.143. The fraction of sp³-hybridized carbons (Fsp3) is 0.444. The lowest BCUT2D eigenvalue weighted by atomic mass is 10.1. The van der Waals surface area contributed by atoms with Gasteiger partial charge in [0.05, 0.1) is 18.3 Å². The Labute approximate surface area is 90.1 Å². The third-order valence-electron chi connectivity index (χ3n) is 1.71. The number of ether oxygens (including phenoxy) is 1. The quantitative estimate of drug-likeness (QED) is 0.793. The van der Waals surface area contributed by atoms with Crippen molar-refractivity contribution in [3.05, 3.63) is 24.0 Å². The van der Waals surface area contributed by atoms with Crippen LogP contribution in [0.2, 0.25) is 0 Å². The number of rotatable bonds is 4. The molecule has 4 N–H and O–H groups in total. The summed E-state index contributed by atoms with van der Waals surface area (Å²) in [5.41, 5.74) is 12.9. The van der Waals surface area contributed by atoms with Crippen LogP contribution in [-0.2, 0) is 4.74 Å². The van der Waals surface area contributed by atoms with E-state index in [1.165, 1.54) is 0 Å². The molecular formula is C9H16ClN3O. The van der Waals surface area contributed by atoms with Crippen molar-refractivity contribution in [2.24, 2.45) is 5.73 Å². The highest BCUT2D eigenvalue weighted by Crippen LogP contribution is 2.11. The lowest BCUT2D eigenvalue weighted by Gasteiger charge is -2.11. The first-order chi connectivity index (χ1) is 6.24. The lowest BCUT2D eigenvalue weighted by molar-refractivity contribution is 0.133. The van der Waals surface area contributed by atoms with E-state index in [0.29, 0.717) is 18.9 Å². The highest BCUT2D eigenvalue weighted by molar-refractivity contribution is 5.85. The maximum absolute atomic E-state index is 5.83. The number of hydrogen-bond donors (Lipinski definition) is 2. The third kappa shape index (κ3) is 3.91. The van der Waals surface area contributed by atoms with Gasteiger partial charge in [0.2, 0.25) is 0 Å². The van der Waals surface area contributed by atoms with Crippen LogP contribution in [0.3, 0.4) is 0 Å². The van der Waals surface area contributed by atoms with Crippen molar-refractivity contribution in [1.29, 1.82) is 0 Å². The number of nitrogens with zero attached hydrogens (tertiary/aromatic N) is 1. The van der Waals surface area contributed by atoms with Crippen LogP contribution in [0.4, 0.5) is 5.69 Å². The van der Waals surface area contributed by atoms with Crippen molar-refractivity contribution in [3.8, 4) is 0 Å². The second-order valence-corrected chi connectivity index (χ2v) is 2.82. The molecule has 0 saturated heterocycles. The molecule has 0 amide bonds. The number of halogens is 1. The molecule has 0 aliphatic carbocycles. The predicted molar refractivity (Wildman–Crippen MR) is 59.3 cm³/mol. The first kappa shape index (κ1) is 13.2. The molecule has 1 heterocycles. The third-order valence-corrected chi connectivity index (χ3v) is 1.71. The van der Waals surface area contributed by atoms with Gasteiger partial charge in [0.25, 0.3) is 0 Å². The Balaban J connectivity index is 0.00000169. The van der Waals surface area contributed by atoms with Gasteiger partial charge in [0.15, 0.2) is 0 Å². The monoisotopic (exact) mass is 217 g/mol. The van der Waals surface area contributed by atoms with E-state index in [4.69, 9.17) is 16.2 Å². The highest BCUT2D eigenvalue weighted by Gasteiger charge is 2.05. The molecule has 0 aliphatic heterocycles. The molecule has 1 rings (SSSR count). The number of nitrogens with two attached hydrogens (primary N) is 2. The van der Waals surface area contributed by atoms with Gasteiger partial charge in [-0.25, -0.2) is 0 Å². The molecule has 0 radical (unpaired) electrons. The van der Waals surface area contributed by atoms with Crippen LogP contribution in [-0.4, -0.2) is 18.2 Å². The smallest absolute Gasteiger partial charge is 0.0659 e. The van der Waals surface area contributed by atoms with Crippen LogP contribution in [0.5, 0.6) is 0 Å². The van der Waals surface area contributed by atoms with E-state index in [2.05, 4.69) is 4.98 Å². The Bertz CT molecular complexity index is 270. The topological polar surface area (TPSA) is 74.2 Å². The van der Waals surface area contributed by atoms with E-state index in [9.17, 15) is 0 Å². The minimum absolute atomic E-state index is 0. The maximum atomic E-state index is 5.83. The van der Waals surface area contributed by atoms with E-state index in [1.54, 1.807) is 12.4 Å². The van der Waals surface area contributed by atoms with Gasteiger partial charge in [0.1, 0.15) is 0 Å². The lowest BCUT2D eigenvalue weighted by Crippen LogP contribution is -2.17. The molecule has 1 aromatic rings. The number of anilines is 1. The van der Waals surface area contributed by atoms with E-state index in [0.717, 1.165) is 5.56 Å². The molecule has 0 bridgehead atoms. The summed E-state index contributed by atoms with van der Waals surface area (Å²) in [7, 11) is 0. The highest BCUT2D eigenvalue weighted by atomic mass is 35.5. The number of aromatic nitrogens is 1. The summed E-state index contributed by atoms with van der Waals surface area (Å²) in [6, 6.07) is 1.67. The maximum Gasteiger partial charge on any atom is 0.0659 e. The van der Waals surface area contributed by atoms with Crippen LogP contribution < -0.4 is 11.5 Å². The second kappa shape index (κ2) is 6.59. The minimum Gasteiger partial charge on any atom is -0.397 e. The SMILES string of the molecule is CCOCC(N)c1cncc(N)c1.Cl. The molecule has 0 spiro atoms. The van der Waals surface area contributed by atoms with Crippen LogP contribution in [0.15, 0.2) is 18.5 Å². The molecule has 1 aromatic heterocycles. The van der Waals surface area contributed by atoms with E-state index >= 15 is 0 Å². The molecule has 14 heavy (non-hydrogen) atoms. The molecule has 0 fully saturated rings. The van der Waals surface area contributed by atoms with Gasteiger partial charge in [-0.2, -0.15) is 0 Å². The van der Waals surface area contributed by atoms with Gasteiger partial charge < -0.3 is 16.2 Å². The fourth-order valence-corrected chi connectivity index (χ4v) is 1.02. The Morgan fingerprint density at radius 1 is 1.50 bits per heavy atom. The molecule has 4 nitrogen and oxygen atoms in total. The summed E-state index contributed by atoms with van der Waals surface area (Å²) in [4.78, 5) is 3.95.